The number of hydrogen-bond donors (Lipinski definition) is 0. The quantitative estimate of drug-likeness (QED) is 0.421. The zero-order valence-electron chi connectivity index (χ0n) is 15.7. The van der Waals surface area contributed by atoms with Gasteiger partial charge in [-0.1, -0.05) is 103 Å². The highest BCUT2D eigenvalue weighted by Crippen LogP contribution is 2.30. The van der Waals surface area contributed by atoms with Crippen LogP contribution in [0.5, 0.6) is 0 Å². The van der Waals surface area contributed by atoms with Crippen molar-refractivity contribution in [1.82, 2.24) is 0 Å². The number of rotatable bonds is 2. The Morgan fingerprint density at radius 1 is 0.556 bits per heavy atom. The fourth-order valence-corrected chi connectivity index (χ4v) is 10.4. The average Bonchev–Trinajstić information content (AvgIpc) is 3.01. The smallest absolute Gasteiger partial charge is 0.0623 e. The minimum atomic E-state index is -2.29. The third-order valence-electron chi connectivity index (χ3n) is 5.89. The molecule has 0 bridgehead atoms. The molecule has 1 heteroatoms. The van der Waals surface area contributed by atoms with Crippen molar-refractivity contribution in [3.8, 4) is 11.1 Å². The van der Waals surface area contributed by atoms with Gasteiger partial charge in [0.05, 0.1) is 0 Å². The van der Waals surface area contributed by atoms with Gasteiger partial charge in [-0.25, -0.2) is 0 Å². The number of aryl methyl sites for hydroxylation is 2. The van der Waals surface area contributed by atoms with E-state index in [-0.39, 0.29) is 0 Å². The lowest BCUT2D eigenvalue weighted by molar-refractivity contribution is 1.41. The zero-order chi connectivity index (χ0) is 18.4. The maximum Gasteiger partial charge on any atom is 0.181 e. The molecule has 4 aromatic rings. The van der Waals surface area contributed by atoms with E-state index in [4.69, 9.17) is 0 Å². The summed E-state index contributed by atoms with van der Waals surface area (Å²) in [5, 5.41) is 6.02. The Morgan fingerprint density at radius 3 is 1.74 bits per heavy atom. The summed E-state index contributed by atoms with van der Waals surface area (Å²) in [6, 6.07) is 36.2. The van der Waals surface area contributed by atoms with Crippen LogP contribution in [0, 0.1) is 13.8 Å². The Kier molecular flexibility index (Phi) is 3.66. The molecule has 0 N–H and O–H groups in total. The lowest BCUT2D eigenvalue weighted by Gasteiger charge is -2.32. The molecule has 27 heavy (non-hydrogen) atoms. The van der Waals surface area contributed by atoms with E-state index in [1.54, 1.807) is 5.19 Å². The van der Waals surface area contributed by atoms with Crippen molar-refractivity contribution in [3.05, 3.63) is 108 Å². The van der Waals surface area contributed by atoms with Crippen molar-refractivity contribution in [2.75, 3.05) is 0 Å². The number of fused-ring (bicyclic) bond motifs is 3. The Morgan fingerprint density at radius 2 is 1.11 bits per heavy atom. The summed E-state index contributed by atoms with van der Waals surface area (Å²) in [4.78, 5) is 0. The van der Waals surface area contributed by atoms with Gasteiger partial charge in [0.25, 0.3) is 0 Å². The molecule has 5 rings (SSSR count). The second kappa shape index (κ2) is 6.07. The molecule has 0 fully saturated rings. The van der Waals surface area contributed by atoms with Gasteiger partial charge >= 0.3 is 0 Å². The first kappa shape index (κ1) is 16.3. The van der Waals surface area contributed by atoms with E-state index in [2.05, 4.69) is 111 Å². The molecule has 0 aliphatic carbocycles. The fraction of sp³-hybridized carbons (Fsp3) is 0.0769. The highest BCUT2D eigenvalue weighted by molar-refractivity contribution is 7.22. The third kappa shape index (κ3) is 2.22. The topological polar surface area (TPSA) is 0 Å². The van der Waals surface area contributed by atoms with E-state index in [1.807, 2.05) is 0 Å². The molecule has 1 aliphatic rings. The predicted octanol–water partition coefficient (Wildman–Crippen LogP) is 3.66. The fourth-order valence-electron chi connectivity index (χ4n) is 5.00. The van der Waals surface area contributed by atoms with Crippen molar-refractivity contribution >= 4 is 28.8 Å². The molecule has 1 aliphatic heterocycles. The third-order valence-corrected chi connectivity index (χ3v) is 10.9. The molecule has 0 radical (unpaired) electrons. The van der Waals surface area contributed by atoms with Crippen LogP contribution in [0.4, 0.5) is 0 Å². The molecule has 4 aromatic carbocycles. The summed E-state index contributed by atoms with van der Waals surface area (Å²) in [7, 11) is -2.29. The van der Waals surface area contributed by atoms with Gasteiger partial charge in [-0.15, -0.1) is 0 Å². The number of benzene rings is 4. The molecule has 0 spiro atoms. The molecule has 0 amide bonds. The van der Waals surface area contributed by atoms with Crippen molar-refractivity contribution < 1.29 is 0 Å². The summed E-state index contributed by atoms with van der Waals surface area (Å²) in [6.45, 7) is 4.51. The molecule has 0 aromatic heterocycles. The molecule has 1 heterocycles. The summed E-state index contributed by atoms with van der Waals surface area (Å²) >= 11 is 0. The summed E-state index contributed by atoms with van der Waals surface area (Å²) in [5.41, 5.74) is 5.61. The van der Waals surface area contributed by atoms with Crippen LogP contribution in [0.25, 0.3) is 11.1 Å². The van der Waals surface area contributed by atoms with Crippen LogP contribution in [0.2, 0.25) is 0 Å². The molecular formula is C26H22Si. The van der Waals surface area contributed by atoms with Gasteiger partial charge in [0.2, 0.25) is 0 Å². The molecule has 0 atom stereocenters. The van der Waals surface area contributed by atoms with Gasteiger partial charge in [0, 0.05) is 0 Å². The molecular weight excluding hydrogens is 340 g/mol. The lowest BCUT2D eigenvalue weighted by Crippen LogP contribution is -2.73. The summed E-state index contributed by atoms with van der Waals surface area (Å²) in [6.07, 6.45) is 0. The van der Waals surface area contributed by atoms with Crippen molar-refractivity contribution in [2.24, 2.45) is 0 Å². The maximum atomic E-state index is 2.39. The number of hydrogen-bond acceptors (Lipinski definition) is 0. The monoisotopic (exact) mass is 362 g/mol. The van der Waals surface area contributed by atoms with Crippen molar-refractivity contribution in [2.45, 2.75) is 13.8 Å². The van der Waals surface area contributed by atoms with Gasteiger partial charge in [-0.3, -0.25) is 0 Å². The average molecular weight is 363 g/mol. The Hall–Kier alpha value is -2.90. The molecule has 130 valence electrons. The highest BCUT2D eigenvalue weighted by Gasteiger charge is 2.49. The predicted molar refractivity (Wildman–Crippen MR) is 119 cm³/mol. The Labute approximate surface area is 162 Å². The standard InChI is InChI=1S/C26H22Si/c1-19-17-20(2)26-24(18-19)23-15-9-10-16-25(23)27(26,21-11-5-3-6-12-21)22-13-7-4-8-14-22/h3-18H,1-2H3. The van der Waals surface area contributed by atoms with Crippen LogP contribution < -0.4 is 20.7 Å². The molecule has 0 nitrogen and oxygen atoms in total. The van der Waals surface area contributed by atoms with Crippen LogP contribution in [0.1, 0.15) is 11.1 Å². The van der Waals surface area contributed by atoms with E-state index >= 15 is 0 Å². The molecule has 0 unspecified atom stereocenters. The van der Waals surface area contributed by atoms with Crippen LogP contribution in [-0.4, -0.2) is 8.07 Å². The first-order valence-corrected chi connectivity index (χ1v) is 11.6. The molecule has 0 saturated carbocycles. The van der Waals surface area contributed by atoms with Gasteiger partial charge in [0.15, 0.2) is 8.07 Å². The minimum absolute atomic E-state index is 1.34. The van der Waals surface area contributed by atoms with Gasteiger partial charge in [-0.2, -0.15) is 0 Å². The van der Waals surface area contributed by atoms with Crippen molar-refractivity contribution in [3.63, 3.8) is 0 Å². The first-order valence-electron chi connectivity index (χ1n) is 9.55. The molecule has 0 saturated heterocycles. The normalized spacial score (nSPS) is 13.9. The Balaban J connectivity index is 2.01. The largest absolute Gasteiger partial charge is 0.181 e. The van der Waals surface area contributed by atoms with Crippen LogP contribution in [0.15, 0.2) is 97.1 Å². The second-order valence-corrected chi connectivity index (χ2v) is 11.2. The summed E-state index contributed by atoms with van der Waals surface area (Å²) in [5.74, 6) is 0. The maximum absolute atomic E-state index is 2.39. The van der Waals surface area contributed by atoms with E-state index in [0.717, 1.165) is 0 Å². The van der Waals surface area contributed by atoms with Gasteiger partial charge < -0.3 is 0 Å². The van der Waals surface area contributed by atoms with Crippen LogP contribution >= 0.6 is 0 Å². The van der Waals surface area contributed by atoms with E-state index in [1.165, 1.54) is 37.8 Å². The van der Waals surface area contributed by atoms with Crippen molar-refractivity contribution in [1.29, 1.82) is 0 Å². The SMILES string of the molecule is Cc1cc(C)c2c(c1)-c1ccccc1[Si]2(c1ccccc1)c1ccccc1. The lowest BCUT2D eigenvalue weighted by atomic mass is 10.0. The van der Waals surface area contributed by atoms with Gasteiger partial charge in [-0.05, 0) is 51.3 Å². The van der Waals surface area contributed by atoms with E-state index < -0.39 is 8.07 Å². The second-order valence-electron chi connectivity index (χ2n) is 7.53. The highest BCUT2D eigenvalue weighted by atomic mass is 28.3. The summed E-state index contributed by atoms with van der Waals surface area (Å²) < 4.78 is 0. The Bertz CT molecular complexity index is 1090. The van der Waals surface area contributed by atoms with Crippen LogP contribution in [-0.2, 0) is 0 Å². The van der Waals surface area contributed by atoms with E-state index in [0.29, 0.717) is 0 Å². The first-order chi connectivity index (χ1) is 13.2. The zero-order valence-corrected chi connectivity index (χ0v) is 16.7. The van der Waals surface area contributed by atoms with Crippen LogP contribution in [0.3, 0.4) is 0 Å². The van der Waals surface area contributed by atoms with Gasteiger partial charge in [0.1, 0.15) is 0 Å². The van der Waals surface area contributed by atoms with E-state index in [9.17, 15) is 0 Å². The minimum Gasteiger partial charge on any atom is -0.0623 e.